The molecule has 0 spiro atoms. The Balaban J connectivity index is 2.61. The second-order valence-electron chi connectivity index (χ2n) is 9.24. The van der Waals surface area contributed by atoms with Crippen molar-refractivity contribution in [1.29, 1.82) is 0 Å². The fourth-order valence-corrected chi connectivity index (χ4v) is 4.96. The normalized spacial score (nSPS) is 20.6. The van der Waals surface area contributed by atoms with Crippen LogP contribution in [-0.2, 0) is 28.1 Å². The summed E-state index contributed by atoms with van der Waals surface area (Å²) in [6, 6.07) is 6.50. The molecule has 0 radical (unpaired) electrons. The molecule has 0 aliphatic heterocycles. The van der Waals surface area contributed by atoms with Gasteiger partial charge in [-0.25, -0.2) is 0 Å². The molecule has 30 heavy (non-hydrogen) atoms. The zero-order chi connectivity index (χ0) is 22.9. The number of ether oxygens (including phenoxy) is 3. The van der Waals surface area contributed by atoms with Gasteiger partial charge in [0.2, 0.25) is 16.6 Å². The van der Waals surface area contributed by atoms with Crippen LogP contribution in [0.5, 0.6) is 5.75 Å². The zero-order valence-corrected chi connectivity index (χ0v) is 21.3. The number of carbonyl (C=O) groups excluding carboxylic acids is 2. The zero-order valence-electron chi connectivity index (χ0n) is 19.3. The van der Waals surface area contributed by atoms with Crippen molar-refractivity contribution < 1.29 is 32.9 Å². The topological polar surface area (TPSA) is 83.5 Å². The molecule has 8 nitrogen and oxygen atoms in total. The lowest BCUT2D eigenvalue weighted by Gasteiger charge is -2.34. The third-order valence-electron chi connectivity index (χ3n) is 4.64. The largest absolute Gasteiger partial charge is 0.497 e. The average molecular weight is 456 g/mol. The van der Waals surface area contributed by atoms with Crippen LogP contribution in [0.3, 0.4) is 0 Å². The van der Waals surface area contributed by atoms with Gasteiger partial charge in [-0.3, -0.25) is 9.59 Å². The Bertz CT molecular complexity index is 739. The summed E-state index contributed by atoms with van der Waals surface area (Å²) in [6.45, 7) is 12.1. The first-order valence-electron chi connectivity index (χ1n) is 9.80. The summed E-state index contributed by atoms with van der Waals surface area (Å²) >= 11 is 0. The van der Waals surface area contributed by atoms with E-state index < -0.39 is 45.9 Å². The number of methoxy groups -OCH3 is 3. The van der Waals surface area contributed by atoms with E-state index in [4.69, 9.17) is 23.3 Å². The van der Waals surface area contributed by atoms with Crippen LogP contribution in [0.1, 0.15) is 11.5 Å². The number of nitrogens with zero attached hydrogens (tertiary/aromatic N) is 1. The Morgan fingerprint density at radius 3 is 1.60 bits per heavy atom. The lowest BCUT2D eigenvalue weighted by Crippen LogP contribution is -2.48. The fraction of sp³-hybridized carbons (Fsp3) is 0.600. The molecular formula is C20H33NO7Si2. The molecule has 1 aliphatic carbocycles. The smallest absolute Gasteiger partial charge is 0.325 e. The van der Waals surface area contributed by atoms with Crippen LogP contribution in [0, 0.1) is 5.41 Å². The van der Waals surface area contributed by atoms with Crippen LogP contribution < -0.4 is 4.74 Å². The number of benzene rings is 1. The Hall–Kier alpha value is -1.73. The van der Waals surface area contributed by atoms with E-state index in [0.717, 1.165) is 5.56 Å². The maximum Gasteiger partial charge on any atom is 0.325 e. The number of esters is 2. The highest BCUT2D eigenvalue weighted by atomic mass is 28.4. The van der Waals surface area contributed by atoms with E-state index in [1.165, 1.54) is 19.4 Å². The first-order valence-corrected chi connectivity index (χ1v) is 16.6. The van der Waals surface area contributed by atoms with Crippen molar-refractivity contribution in [2.75, 3.05) is 21.3 Å². The van der Waals surface area contributed by atoms with Crippen LogP contribution in [0.15, 0.2) is 24.3 Å². The third-order valence-corrected chi connectivity index (χ3v) is 6.10. The Morgan fingerprint density at radius 1 is 0.833 bits per heavy atom. The molecule has 0 bridgehead atoms. The van der Waals surface area contributed by atoms with Crippen LogP contribution in [0.2, 0.25) is 39.3 Å². The van der Waals surface area contributed by atoms with E-state index >= 15 is 0 Å². The van der Waals surface area contributed by atoms with Gasteiger partial charge in [0.15, 0.2) is 5.41 Å². The second-order valence-corrected chi connectivity index (χ2v) is 18.1. The van der Waals surface area contributed by atoms with Crippen molar-refractivity contribution in [3.05, 3.63) is 29.8 Å². The number of hydroxylamine groups is 2. The van der Waals surface area contributed by atoms with E-state index in [0.29, 0.717) is 5.75 Å². The molecule has 2 rings (SSSR count). The summed E-state index contributed by atoms with van der Waals surface area (Å²) in [6.07, 6.45) is 0. The van der Waals surface area contributed by atoms with Gasteiger partial charge in [0.05, 0.1) is 27.4 Å². The number of hydrogen-bond donors (Lipinski definition) is 0. The van der Waals surface area contributed by atoms with Gasteiger partial charge in [-0.2, -0.15) is 0 Å². The molecule has 0 aromatic heterocycles. The number of carbonyl (C=O) groups is 2. The van der Waals surface area contributed by atoms with Crippen molar-refractivity contribution in [1.82, 2.24) is 5.23 Å². The summed E-state index contributed by atoms with van der Waals surface area (Å²) in [5.41, 5.74) is -0.822. The molecule has 10 heteroatoms. The molecule has 0 saturated heterocycles. The minimum absolute atomic E-state index is 0.559. The minimum atomic E-state index is -2.14. The fourth-order valence-electron chi connectivity index (χ4n) is 3.50. The van der Waals surface area contributed by atoms with Gasteiger partial charge >= 0.3 is 11.9 Å². The highest BCUT2D eigenvalue weighted by Crippen LogP contribution is 2.64. The maximum absolute atomic E-state index is 13.0. The third kappa shape index (κ3) is 4.94. The van der Waals surface area contributed by atoms with Gasteiger partial charge in [-0.05, 0) is 57.0 Å². The van der Waals surface area contributed by atoms with Crippen LogP contribution in [0.4, 0.5) is 0 Å². The SMILES string of the molecule is COC(=O)C1(C(=O)OC)[C@@H](N(O[Si](C)(C)C)O[Si](C)(C)C)[C@@H]1c1ccc(OC)cc1. The predicted molar refractivity (Wildman–Crippen MR) is 117 cm³/mol. The number of rotatable bonds is 9. The second kappa shape index (κ2) is 8.79. The quantitative estimate of drug-likeness (QED) is 0.243. The summed E-state index contributed by atoms with van der Waals surface area (Å²) in [4.78, 5) is 26.0. The van der Waals surface area contributed by atoms with Crippen LogP contribution in [-0.4, -0.2) is 61.2 Å². The molecule has 168 valence electrons. The van der Waals surface area contributed by atoms with E-state index in [1.807, 2.05) is 51.4 Å². The first-order chi connectivity index (χ1) is 13.8. The highest BCUT2D eigenvalue weighted by molar-refractivity contribution is 6.70. The molecular weight excluding hydrogens is 422 g/mol. The first kappa shape index (κ1) is 24.5. The van der Waals surface area contributed by atoms with Crippen LogP contribution >= 0.6 is 0 Å². The van der Waals surface area contributed by atoms with Crippen LogP contribution in [0.25, 0.3) is 0 Å². The minimum Gasteiger partial charge on any atom is -0.497 e. The summed E-state index contributed by atoms with van der Waals surface area (Å²) < 4.78 is 27.8. The van der Waals surface area contributed by atoms with Crippen molar-refractivity contribution >= 4 is 28.6 Å². The maximum atomic E-state index is 13.0. The molecule has 1 aromatic carbocycles. The van der Waals surface area contributed by atoms with E-state index in [2.05, 4.69) is 0 Å². The van der Waals surface area contributed by atoms with Crippen molar-refractivity contribution in [3.8, 4) is 5.75 Å². The Kier molecular flexibility index (Phi) is 7.19. The van der Waals surface area contributed by atoms with Crippen molar-refractivity contribution in [2.45, 2.75) is 51.2 Å². The molecule has 2 atom stereocenters. The molecule has 1 saturated carbocycles. The van der Waals surface area contributed by atoms with Gasteiger partial charge in [-0.1, -0.05) is 17.4 Å². The Labute approximate surface area is 180 Å². The van der Waals surface area contributed by atoms with Gasteiger partial charge in [0.25, 0.3) is 0 Å². The average Bonchev–Trinajstić information content (AvgIpc) is 3.35. The molecule has 0 unspecified atom stereocenters. The van der Waals surface area contributed by atoms with Crippen molar-refractivity contribution in [3.63, 3.8) is 0 Å². The van der Waals surface area contributed by atoms with Gasteiger partial charge in [-0.15, -0.1) is 0 Å². The van der Waals surface area contributed by atoms with E-state index in [-0.39, 0.29) is 0 Å². The standard InChI is InChI=1S/C20H33NO7Si2/c1-24-15-12-10-14(11-13-15)16-17(20(16,18(22)25-2)19(23)26-3)21(27-29(4,5)6)28-30(7,8)9/h10-13,16-17H,1-9H3/t16-,17-/m0/s1. The van der Waals surface area contributed by atoms with E-state index in [1.54, 1.807) is 19.2 Å². The van der Waals surface area contributed by atoms with Gasteiger partial charge < -0.3 is 23.3 Å². The number of hydrogen-bond acceptors (Lipinski definition) is 8. The monoisotopic (exact) mass is 455 g/mol. The highest BCUT2D eigenvalue weighted by Gasteiger charge is 2.80. The molecule has 1 fully saturated rings. The predicted octanol–water partition coefficient (Wildman–Crippen LogP) is 3.33. The lowest BCUT2D eigenvalue weighted by molar-refractivity contribution is -0.285. The summed E-state index contributed by atoms with van der Waals surface area (Å²) in [5.74, 6) is -1.24. The molecule has 0 amide bonds. The summed E-state index contributed by atoms with van der Waals surface area (Å²) in [5, 5.41) is 1.39. The molecule has 0 heterocycles. The Morgan fingerprint density at radius 2 is 1.27 bits per heavy atom. The van der Waals surface area contributed by atoms with Gasteiger partial charge in [0.1, 0.15) is 5.75 Å². The summed E-state index contributed by atoms with van der Waals surface area (Å²) in [7, 11) is -0.186. The molecule has 1 aliphatic rings. The lowest BCUT2D eigenvalue weighted by atomic mass is 9.99. The van der Waals surface area contributed by atoms with Gasteiger partial charge in [0, 0.05) is 5.92 Å². The van der Waals surface area contributed by atoms with Crippen molar-refractivity contribution in [2.24, 2.45) is 5.41 Å². The van der Waals surface area contributed by atoms with E-state index in [9.17, 15) is 9.59 Å². The molecule has 1 aromatic rings. The molecule has 0 N–H and O–H groups in total.